The van der Waals surface area contributed by atoms with E-state index in [1.54, 1.807) is 12.1 Å². The largest absolute Gasteiger partial charge is 0.508 e. The molecule has 6 unspecified atom stereocenters. The van der Waals surface area contributed by atoms with E-state index in [-0.39, 0.29) is 43.5 Å². The van der Waals surface area contributed by atoms with Gasteiger partial charge < -0.3 is 49.7 Å². The Balaban J connectivity index is 1.15. The lowest BCUT2D eigenvalue weighted by Crippen LogP contribution is -2.62. The number of nitrogens with one attached hydrogen (secondary N) is 4. The van der Waals surface area contributed by atoms with Crippen molar-refractivity contribution in [3.05, 3.63) is 100 Å². The molecule has 1 aromatic heterocycles. The van der Waals surface area contributed by atoms with Gasteiger partial charge in [0.1, 0.15) is 35.0 Å². The molecule has 4 aromatic carbocycles. The zero-order chi connectivity index (χ0) is 47.0. The molecule has 0 radical (unpaired) electrons. The van der Waals surface area contributed by atoms with Gasteiger partial charge in [0.2, 0.25) is 0 Å². The Bertz CT molecular complexity index is 2680. The van der Waals surface area contributed by atoms with Crippen molar-refractivity contribution in [2.24, 2.45) is 5.92 Å². The maximum Gasteiger partial charge on any atom is 0.161 e. The topological polar surface area (TPSA) is 170 Å². The van der Waals surface area contributed by atoms with Crippen molar-refractivity contribution in [3.8, 4) is 51.7 Å². The third-order valence-electron chi connectivity index (χ3n) is 15.0. The molecule has 0 spiro atoms. The highest BCUT2D eigenvalue weighted by Crippen LogP contribution is 2.58. The second-order valence-electron chi connectivity index (χ2n) is 20.6. The van der Waals surface area contributed by atoms with Crippen LogP contribution in [0.4, 0.5) is 0 Å². The van der Waals surface area contributed by atoms with Crippen molar-refractivity contribution in [1.29, 1.82) is 0 Å². The second-order valence-corrected chi connectivity index (χ2v) is 20.6. The van der Waals surface area contributed by atoms with Crippen LogP contribution in [0.2, 0.25) is 0 Å². The molecule has 6 atom stereocenters. The number of ether oxygens (including phenoxy) is 4. The molecule has 12 nitrogen and oxygen atoms in total. The van der Waals surface area contributed by atoms with Crippen molar-refractivity contribution in [1.82, 2.24) is 20.9 Å². The maximum atomic E-state index is 11.3. The monoisotopic (exact) mass is 925 g/mol. The van der Waals surface area contributed by atoms with Gasteiger partial charge in [0.15, 0.2) is 17.6 Å². The number of aromatic nitrogens is 1. The van der Waals surface area contributed by atoms with E-state index in [1.165, 1.54) is 24.8 Å². The van der Waals surface area contributed by atoms with Crippen LogP contribution in [0.5, 0.6) is 28.7 Å². The Hall–Kier alpha value is -5.26. The first-order chi connectivity index (χ1) is 33.0. The van der Waals surface area contributed by atoms with Crippen molar-refractivity contribution in [3.63, 3.8) is 0 Å². The maximum absolute atomic E-state index is 11.3. The Kier molecular flexibility index (Phi) is 13.4. The van der Waals surface area contributed by atoms with Crippen LogP contribution in [0, 0.1) is 17.8 Å². The summed E-state index contributed by atoms with van der Waals surface area (Å²) in [4.78, 5) is 3.33. The molecule has 0 saturated heterocycles. The fraction of sp³-hybridized carbons (Fsp3) is 0.500. The van der Waals surface area contributed by atoms with Crippen molar-refractivity contribution >= 4 is 10.9 Å². The summed E-state index contributed by atoms with van der Waals surface area (Å²) in [7, 11) is 0. The number of phenols is 2. The van der Waals surface area contributed by atoms with Crippen molar-refractivity contribution in [2.75, 3.05) is 33.2 Å². The summed E-state index contributed by atoms with van der Waals surface area (Å²) in [6, 6.07) is 19.6. The van der Waals surface area contributed by atoms with E-state index >= 15 is 0 Å². The third kappa shape index (κ3) is 9.41. The third-order valence-corrected chi connectivity index (χ3v) is 15.0. The summed E-state index contributed by atoms with van der Waals surface area (Å²) in [5.74, 6) is 9.47. The molecule has 68 heavy (non-hydrogen) atoms. The lowest BCUT2D eigenvalue weighted by molar-refractivity contribution is -0.144. The van der Waals surface area contributed by atoms with Crippen LogP contribution in [-0.2, 0) is 30.4 Å². The first-order valence-corrected chi connectivity index (χ1v) is 25.0. The SMILES string of the molecule is CC(C)CC(C)(O)CNCNC1C#CCCOc2cc(ccc2O)C2Oc3c(c4c(c5c3CCC(CO)O5)-c3ccc(O)cc3C(Cc3ccc5[nH]ccc5c3)C4)CC12OCNC1CCCCC1. The van der Waals surface area contributed by atoms with Crippen LogP contribution in [-0.4, -0.2) is 88.0 Å². The predicted molar refractivity (Wildman–Crippen MR) is 263 cm³/mol. The molecule has 5 aromatic rings. The van der Waals surface area contributed by atoms with Gasteiger partial charge in [-0.2, -0.15) is 0 Å². The number of H-pyrrole nitrogens is 1. The van der Waals surface area contributed by atoms with E-state index in [2.05, 4.69) is 70.9 Å². The molecule has 360 valence electrons. The fourth-order valence-electron chi connectivity index (χ4n) is 11.9. The highest BCUT2D eigenvalue weighted by Gasteiger charge is 2.54. The minimum atomic E-state index is -1.16. The van der Waals surface area contributed by atoms with E-state index in [0.717, 1.165) is 74.9 Å². The average molecular weight is 925 g/mol. The molecule has 5 aliphatic rings. The van der Waals surface area contributed by atoms with Gasteiger partial charge in [-0.15, -0.1) is 0 Å². The number of phenolic OH excluding ortho intramolecular Hbond substituents is 2. The molecule has 8 N–H and O–H groups in total. The fourth-order valence-corrected chi connectivity index (χ4v) is 11.9. The summed E-state index contributed by atoms with van der Waals surface area (Å²) in [5, 5.41) is 56.3. The van der Waals surface area contributed by atoms with Crippen LogP contribution in [0.25, 0.3) is 22.0 Å². The van der Waals surface area contributed by atoms with Crippen LogP contribution < -0.4 is 30.2 Å². The molecule has 4 heterocycles. The number of fused-ring (bicyclic) bond motifs is 13. The van der Waals surface area contributed by atoms with Gasteiger partial charge in [-0.1, -0.05) is 63.1 Å². The molecule has 0 amide bonds. The van der Waals surface area contributed by atoms with Gasteiger partial charge in [0.25, 0.3) is 0 Å². The summed E-state index contributed by atoms with van der Waals surface area (Å²) in [6.07, 6.45) is 10.7. The van der Waals surface area contributed by atoms with E-state index in [4.69, 9.17) is 18.9 Å². The molecule has 10 rings (SSSR count). The number of hydrogen-bond acceptors (Lipinski definition) is 11. The first-order valence-electron chi connectivity index (χ1n) is 25.0. The minimum Gasteiger partial charge on any atom is -0.508 e. The van der Waals surface area contributed by atoms with Crippen molar-refractivity contribution < 1.29 is 39.4 Å². The quantitative estimate of drug-likeness (QED) is 0.0307. The molecular weight excluding hydrogens is 857 g/mol. The zero-order valence-electron chi connectivity index (χ0n) is 39.8. The van der Waals surface area contributed by atoms with Crippen LogP contribution in [0.1, 0.15) is 118 Å². The average Bonchev–Trinajstić information content (AvgIpc) is 3.80. The van der Waals surface area contributed by atoms with E-state index < -0.39 is 23.3 Å². The lowest BCUT2D eigenvalue weighted by Gasteiger charge is -2.50. The number of aromatic amines is 1. The molecule has 2 bridgehead atoms. The highest BCUT2D eigenvalue weighted by atomic mass is 16.6. The summed E-state index contributed by atoms with van der Waals surface area (Å²) in [6.45, 7) is 7.27. The summed E-state index contributed by atoms with van der Waals surface area (Å²) >= 11 is 0. The van der Waals surface area contributed by atoms with Gasteiger partial charge in [0, 0.05) is 60.5 Å². The Labute approximate surface area is 400 Å². The number of rotatable bonds is 14. The number of hydrogen-bond donors (Lipinski definition) is 8. The van der Waals surface area contributed by atoms with Gasteiger partial charge in [0.05, 0.1) is 25.5 Å². The lowest BCUT2D eigenvalue weighted by atomic mass is 9.69. The van der Waals surface area contributed by atoms with Crippen LogP contribution >= 0.6 is 0 Å². The zero-order valence-corrected chi connectivity index (χ0v) is 39.8. The number of aromatic hydroxyl groups is 2. The molecule has 3 aliphatic heterocycles. The number of aliphatic hydroxyl groups excluding tert-OH is 1. The number of aliphatic hydroxyl groups is 2. The molecule has 2 aliphatic carbocycles. The normalized spacial score (nSPS) is 24.0. The molecule has 1 saturated carbocycles. The molecular formula is C56H68N4O8. The van der Waals surface area contributed by atoms with Gasteiger partial charge in [-0.05, 0) is 139 Å². The van der Waals surface area contributed by atoms with Crippen LogP contribution in [0.3, 0.4) is 0 Å². The van der Waals surface area contributed by atoms with Gasteiger partial charge in [-0.3, -0.25) is 10.6 Å². The van der Waals surface area contributed by atoms with E-state index in [1.807, 2.05) is 37.4 Å². The minimum absolute atomic E-state index is 0.0103. The van der Waals surface area contributed by atoms with Crippen molar-refractivity contribution in [2.45, 2.75) is 139 Å². The highest BCUT2D eigenvalue weighted by molar-refractivity contribution is 5.85. The van der Waals surface area contributed by atoms with E-state index in [0.29, 0.717) is 75.2 Å². The van der Waals surface area contributed by atoms with Gasteiger partial charge in [-0.25, -0.2) is 0 Å². The first kappa shape index (κ1) is 46.5. The molecule has 12 heteroatoms. The van der Waals surface area contributed by atoms with Gasteiger partial charge >= 0.3 is 0 Å². The second kappa shape index (κ2) is 19.6. The Morgan fingerprint density at radius 1 is 0.941 bits per heavy atom. The van der Waals surface area contributed by atoms with E-state index in [9.17, 15) is 20.4 Å². The smallest absolute Gasteiger partial charge is 0.161 e. The Morgan fingerprint density at radius 3 is 2.65 bits per heavy atom. The van der Waals surface area contributed by atoms with Crippen LogP contribution in [0.15, 0.2) is 66.9 Å². The summed E-state index contributed by atoms with van der Waals surface area (Å²) < 4.78 is 28.2. The summed E-state index contributed by atoms with van der Waals surface area (Å²) in [5.41, 5.74) is 7.11. The Morgan fingerprint density at radius 2 is 1.81 bits per heavy atom. The predicted octanol–water partition coefficient (Wildman–Crippen LogP) is 8.21. The number of benzene rings is 4. The standard InChI is InChI=1S/C56H68N4O8/c1-34(2)28-55(3,64)31-57-32-59-50-11-7-8-22-65-49-26-37(13-19-48(49)63)54-56(50,66-33-60-39-9-5-4-6-10-39)29-46-45-25-38(24-35-12-18-47-36(23-35)20-21-58-47)44-27-40(62)14-16-42(44)51(45)53-43(52(46)68-54)17-15-41(30-61)67-53/h12-14,16,18-21,23,26-27,34,38-39,41,50,54,57-64H,4-6,8-10,15,17,22,24-25,28-33H2,1-3H3. The molecule has 1 fully saturated rings.